The molecule has 2 fully saturated rings. The van der Waals surface area contributed by atoms with Crippen molar-refractivity contribution < 1.29 is 13.2 Å². The number of benzene rings is 1. The molecule has 5 nitrogen and oxygen atoms in total. The van der Waals surface area contributed by atoms with Crippen molar-refractivity contribution >= 4 is 21.6 Å². The summed E-state index contributed by atoms with van der Waals surface area (Å²) < 4.78 is 27.4. The van der Waals surface area contributed by atoms with Crippen LogP contribution in [0.25, 0.3) is 0 Å². The summed E-state index contributed by atoms with van der Waals surface area (Å²) in [5.74, 6) is 0.988. The van der Waals surface area contributed by atoms with Gasteiger partial charge in [-0.25, -0.2) is 8.42 Å². The van der Waals surface area contributed by atoms with Crippen LogP contribution in [0.5, 0.6) is 0 Å². The molecule has 4 rings (SSSR count). The lowest BCUT2D eigenvalue weighted by atomic mass is 10.0. The van der Waals surface area contributed by atoms with E-state index in [1.807, 2.05) is 11.0 Å². The molecule has 130 valence electrons. The second-order valence-electron chi connectivity index (χ2n) is 7.39. The molecule has 0 atom stereocenters. The van der Waals surface area contributed by atoms with Gasteiger partial charge in [0.2, 0.25) is 15.9 Å². The quantitative estimate of drug-likeness (QED) is 0.843. The summed E-state index contributed by atoms with van der Waals surface area (Å²) >= 11 is 0. The Kier molecular flexibility index (Phi) is 3.92. The Bertz CT molecular complexity index is 762. The number of sulfonamides is 1. The van der Waals surface area contributed by atoms with Crippen LogP contribution in [0, 0.1) is 11.8 Å². The van der Waals surface area contributed by atoms with Gasteiger partial charge in [-0.3, -0.25) is 4.79 Å². The maximum absolute atomic E-state index is 12.9. The molecule has 2 aliphatic heterocycles. The van der Waals surface area contributed by atoms with Crippen molar-refractivity contribution in [1.29, 1.82) is 0 Å². The Morgan fingerprint density at radius 2 is 1.79 bits per heavy atom. The number of piperidine rings is 1. The number of amides is 1. The molecular formula is C18H24N2O3S. The van der Waals surface area contributed by atoms with Crippen LogP contribution >= 0.6 is 0 Å². The second kappa shape index (κ2) is 5.85. The summed E-state index contributed by atoms with van der Waals surface area (Å²) in [6, 6.07) is 5.27. The fourth-order valence-corrected chi connectivity index (χ4v) is 5.21. The van der Waals surface area contributed by atoms with Gasteiger partial charge in [-0.15, -0.1) is 0 Å². The number of hydrogen-bond acceptors (Lipinski definition) is 3. The summed E-state index contributed by atoms with van der Waals surface area (Å²) in [5, 5.41) is 0. The average molecular weight is 348 g/mol. The molecule has 0 aromatic heterocycles. The van der Waals surface area contributed by atoms with Gasteiger partial charge in [0, 0.05) is 31.2 Å². The molecule has 0 bridgehead atoms. The molecule has 0 unspecified atom stereocenters. The van der Waals surface area contributed by atoms with E-state index in [-0.39, 0.29) is 11.8 Å². The molecule has 1 saturated carbocycles. The largest absolute Gasteiger partial charge is 0.312 e. The van der Waals surface area contributed by atoms with E-state index in [1.54, 1.807) is 16.4 Å². The van der Waals surface area contributed by atoms with Crippen molar-refractivity contribution in [3.63, 3.8) is 0 Å². The summed E-state index contributed by atoms with van der Waals surface area (Å²) in [4.78, 5) is 14.5. The van der Waals surface area contributed by atoms with Gasteiger partial charge in [0.15, 0.2) is 0 Å². The Morgan fingerprint density at radius 1 is 1.08 bits per heavy atom. The lowest BCUT2D eigenvalue weighted by Crippen LogP contribution is -2.37. The van der Waals surface area contributed by atoms with Crippen LogP contribution in [0.3, 0.4) is 0 Å². The topological polar surface area (TPSA) is 57.7 Å². The average Bonchev–Trinajstić information content (AvgIpc) is 3.33. The van der Waals surface area contributed by atoms with Crippen molar-refractivity contribution in [1.82, 2.24) is 4.31 Å². The van der Waals surface area contributed by atoms with Gasteiger partial charge in [0.1, 0.15) is 0 Å². The monoisotopic (exact) mass is 348 g/mol. The first-order chi connectivity index (χ1) is 11.5. The minimum Gasteiger partial charge on any atom is -0.312 e. The van der Waals surface area contributed by atoms with Crippen LogP contribution < -0.4 is 4.90 Å². The first-order valence-electron chi connectivity index (χ1n) is 8.91. The van der Waals surface area contributed by atoms with Crippen LogP contribution in [0.4, 0.5) is 5.69 Å². The molecule has 2 heterocycles. The number of hydrogen-bond donors (Lipinski definition) is 0. The molecule has 0 radical (unpaired) electrons. The van der Waals surface area contributed by atoms with Gasteiger partial charge >= 0.3 is 0 Å². The van der Waals surface area contributed by atoms with Crippen molar-refractivity contribution in [3.05, 3.63) is 23.8 Å². The standard InChI is InChI=1S/C18H24N2O3S/c1-13-6-9-19(10-7-13)24(22,23)16-4-5-17-15(12-16)8-11-20(17)18(21)14-2-3-14/h4-5,12-14H,2-3,6-11H2,1H3. The SMILES string of the molecule is CC1CCN(S(=O)(=O)c2ccc3c(c2)CCN3C(=O)C2CC2)CC1. The van der Waals surface area contributed by atoms with Crippen LogP contribution in [0.1, 0.15) is 38.2 Å². The van der Waals surface area contributed by atoms with Crippen molar-refractivity contribution in [3.8, 4) is 0 Å². The Labute approximate surface area is 143 Å². The van der Waals surface area contributed by atoms with Crippen LogP contribution in [0.15, 0.2) is 23.1 Å². The van der Waals surface area contributed by atoms with E-state index in [0.29, 0.717) is 30.4 Å². The zero-order chi connectivity index (χ0) is 16.9. The van der Waals surface area contributed by atoms with E-state index in [2.05, 4.69) is 6.92 Å². The van der Waals surface area contributed by atoms with Gasteiger partial charge in [0.05, 0.1) is 4.90 Å². The second-order valence-corrected chi connectivity index (χ2v) is 9.33. The van der Waals surface area contributed by atoms with Gasteiger partial charge in [-0.05, 0) is 61.8 Å². The maximum atomic E-state index is 12.9. The smallest absolute Gasteiger partial charge is 0.243 e. The molecule has 24 heavy (non-hydrogen) atoms. The first-order valence-corrected chi connectivity index (χ1v) is 10.4. The first kappa shape index (κ1) is 16.1. The normalized spacial score (nSPS) is 22.6. The van der Waals surface area contributed by atoms with Crippen LogP contribution in [-0.2, 0) is 21.2 Å². The molecule has 3 aliphatic rings. The summed E-state index contributed by atoms with van der Waals surface area (Å²) in [7, 11) is -3.42. The Balaban J connectivity index is 1.58. The fourth-order valence-electron chi connectivity index (χ4n) is 3.69. The van der Waals surface area contributed by atoms with Crippen molar-refractivity contribution in [2.24, 2.45) is 11.8 Å². The molecule has 1 aromatic carbocycles. The lowest BCUT2D eigenvalue weighted by molar-refractivity contribution is -0.119. The molecule has 1 amide bonds. The molecule has 1 aliphatic carbocycles. The summed E-state index contributed by atoms with van der Waals surface area (Å²) in [5.41, 5.74) is 1.88. The van der Waals surface area contributed by atoms with E-state index in [0.717, 1.165) is 43.4 Å². The van der Waals surface area contributed by atoms with Gasteiger partial charge < -0.3 is 4.90 Å². The third kappa shape index (κ3) is 2.75. The Hall–Kier alpha value is -1.40. The molecule has 0 spiro atoms. The highest BCUT2D eigenvalue weighted by molar-refractivity contribution is 7.89. The van der Waals surface area contributed by atoms with Gasteiger partial charge in [-0.2, -0.15) is 4.31 Å². The van der Waals surface area contributed by atoms with E-state index < -0.39 is 10.0 Å². The summed E-state index contributed by atoms with van der Waals surface area (Å²) in [6.07, 6.45) is 4.57. The van der Waals surface area contributed by atoms with Gasteiger partial charge in [-0.1, -0.05) is 6.92 Å². The lowest BCUT2D eigenvalue weighted by Gasteiger charge is -2.29. The van der Waals surface area contributed by atoms with Crippen LogP contribution in [-0.4, -0.2) is 38.3 Å². The highest BCUT2D eigenvalue weighted by Gasteiger charge is 2.37. The number of carbonyl (C=O) groups excluding carboxylic acids is 1. The number of fused-ring (bicyclic) bond motifs is 1. The minimum atomic E-state index is -3.42. The molecule has 1 aromatic rings. The third-order valence-corrected chi connectivity index (χ3v) is 7.41. The zero-order valence-electron chi connectivity index (χ0n) is 14.1. The van der Waals surface area contributed by atoms with Crippen LogP contribution in [0.2, 0.25) is 0 Å². The van der Waals surface area contributed by atoms with Crippen molar-refractivity contribution in [2.75, 3.05) is 24.5 Å². The highest BCUT2D eigenvalue weighted by Crippen LogP contribution is 2.37. The Morgan fingerprint density at radius 3 is 2.46 bits per heavy atom. The molecule has 6 heteroatoms. The number of nitrogens with zero attached hydrogens (tertiary/aromatic N) is 2. The fraction of sp³-hybridized carbons (Fsp3) is 0.611. The number of anilines is 1. The summed E-state index contributed by atoms with van der Waals surface area (Å²) in [6.45, 7) is 4.06. The molecule has 1 saturated heterocycles. The predicted octanol–water partition coefficient (Wildman–Crippen LogP) is 2.41. The predicted molar refractivity (Wildman–Crippen MR) is 92.4 cm³/mol. The van der Waals surface area contributed by atoms with Crippen molar-refractivity contribution in [2.45, 2.75) is 43.9 Å². The number of rotatable bonds is 3. The van der Waals surface area contributed by atoms with E-state index in [9.17, 15) is 13.2 Å². The minimum absolute atomic E-state index is 0.190. The third-order valence-electron chi connectivity index (χ3n) is 5.52. The maximum Gasteiger partial charge on any atom is 0.243 e. The molecular weight excluding hydrogens is 324 g/mol. The van der Waals surface area contributed by atoms with E-state index in [1.165, 1.54) is 0 Å². The highest BCUT2D eigenvalue weighted by atomic mass is 32.2. The zero-order valence-corrected chi connectivity index (χ0v) is 14.9. The van der Waals surface area contributed by atoms with E-state index in [4.69, 9.17) is 0 Å². The number of carbonyl (C=O) groups is 1. The molecule has 0 N–H and O–H groups in total. The van der Waals surface area contributed by atoms with Gasteiger partial charge in [0.25, 0.3) is 0 Å². The van der Waals surface area contributed by atoms with E-state index >= 15 is 0 Å².